The number of furan rings is 1. The third-order valence-electron chi connectivity index (χ3n) is 5.71. The molecule has 0 radical (unpaired) electrons. The van der Waals surface area contributed by atoms with Crippen molar-refractivity contribution in [2.45, 2.75) is 13.0 Å². The number of phenolic OH excluding ortho intramolecular Hbond substituents is 1. The average Bonchev–Trinajstić information content (AvgIpc) is 3.56. The number of methoxy groups -OCH3 is 2. The van der Waals surface area contributed by atoms with Crippen LogP contribution in [0.1, 0.15) is 27.2 Å². The number of aryl methyl sites for hydroxylation is 1. The second-order valence-electron chi connectivity index (χ2n) is 7.82. The first-order valence-corrected chi connectivity index (χ1v) is 12.1. The Hall–Kier alpha value is -3.90. The van der Waals surface area contributed by atoms with Gasteiger partial charge in [-0.25, -0.2) is 0 Å². The van der Waals surface area contributed by atoms with Gasteiger partial charge in [-0.1, -0.05) is 23.5 Å². The molecule has 0 aliphatic carbocycles. The largest absolute Gasteiger partial charge is 0.503 e. The molecule has 36 heavy (non-hydrogen) atoms. The Labute approximate surface area is 216 Å². The lowest BCUT2D eigenvalue weighted by Gasteiger charge is -2.24. The Bertz CT molecular complexity index is 1580. The lowest BCUT2D eigenvalue weighted by atomic mass is 9.95. The number of aromatic nitrogens is 2. The molecule has 184 valence electrons. The molecule has 1 atom stereocenters. The number of aromatic hydroxyl groups is 1. The predicted octanol–water partition coefficient (Wildman–Crippen LogP) is 4.86. The number of para-hydroxylation sites is 1. The summed E-state index contributed by atoms with van der Waals surface area (Å²) in [6.45, 7) is 1.72. The highest BCUT2D eigenvalue weighted by Gasteiger charge is 2.47. The summed E-state index contributed by atoms with van der Waals surface area (Å²) < 4.78 is 16.7. The van der Waals surface area contributed by atoms with Crippen LogP contribution in [0.4, 0.5) is 5.13 Å². The summed E-state index contributed by atoms with van der Waals surface area (Å²) in [5, 5.41) is 30.7. The number of aliphatic hydroxyl groups is 1. The molecule has 5 rings (SSSR count). The first-order chi connectivity index (χ1) is 17.2. The fraction of sp³-hybridized carbons (Fsp3) is 0.167. The molecule has 3 heterocycles. The number of carbonyl (C=O) groups excluding carboxylic acids is 2. The number of nitrogens with zero attached hydrogens (tertiary/aromatic N) is 3. The minimum Gasteiger partial charge on any atom is -0.503 e. The van der Waals surface area contributed by atoms with E-state index >= 15 is 0 Å². The average molecular weight is 572 g/mol. The van der Waals surface area contributed by atoms with Gasteiger partial charge < -0.3 is 24.1 Å². The van der Waals surface area contributed by atoms with E-state index in [9.17, 15) is 19.8 Å². The maximum absolute atomic E-state index is 13.8. The second-order valence-corrected chi connectivity index (χ2v) is 9.83. The molecule has 2 N–H and O–H groups in total. The van der Waals surface area contributed by atoms with Crippen molar-refractivity contribution in [3.63, 3.8) is 0 Å². The Morgan fingerprint density at radius 3 is 2.56 bits per heavy atom. The minimum atomic E-state index is -1.11. The van der Waals surface area contributed by atoms with Crippen LogP contribution in [-0.4, -0.2) is 46.3 Å². The van der Waals surface area contributed by atoms with Crippen LogP contribution in [0.25, 0.3) is 11.0 Å². The van der Waals surface area contributed by atoms with E-state index in [1.165, 1.54) is 37.3 Å². The van der Waals surface area contributed by atoms with Crippen LogP contribution in [0, 0.1) is 6.92 Å². The zero-order valence-electron chi connectivity index (χ0n) is 19.1. The highest BCUT2D eigenvalue weighted by Crippen LogP contribution is 2.46. The molecule has 2 aromatic carbocycles. The molecule has 1 aliphatic heterocycles. The Kier molecular flexibility index (Phi) is 5.92. The highest BCUT2D eigenvalue weighted by atomic mass is 79.9. The molecule has 0 saturated carbocycles. The van der Waals surface area contributed by atoms with Crippen LogP contribution in [-0.2, 0) is 4.79 Å². The summed E-state index contributed by atoms with van der Waals surface area (Å²) in [5.74, 6) is -1.97. The summed E-state index contributed by atoms with van der Waals surface area (Å²) in [7, 11) is 2.86. The molecule has 12 heteroatoms. The number of hydrogen-bond acceptors (Lipinski definition) is 10. The van der Waals surface area contributed by atoms with Crippen molar-refractivity contribution in [1.82, 2.24) is 10.2 Å². The van der Waals surface area contributed by atoms with Gasteiger partial charge in [-0.05, 0) is 52.7 Å². The molecule has 0 saturated heterocycles. The molecule has 0 bridgehead atoms. The van der Waals surface area contributed by atoms with Gasteiger partial charge in [-0.3, -0.25) is 14.5 Å². The molecule has 0 unspecified atom stereocenters. The number of halogens is 1. The zero-order chi connectivity index (χ0) is 25.7. The second kappa shape index (κ2) is 8.95. The number of fused-ring (bicyclic) bond motifs is 1. The van der Waals surface area contributed by atoms with Gasteiger partial charge in [0.2, 0.25) is 10.9 Å². The summed E-state index contributed by atoms with van der Waals surface area (Å²) in [5.41, 5.74) is 0.513. The number of amides is 1. The molecule has 0 spiro atoms. The van der Waals surface area contributed by atoms with Crippen molar-refractivity contribution in [2.75, 3.05) is 19.1 Å². The quantitative estimate of drug-likeness (QED) is 0.311. The van der Waals surface area contributed by atoms with E-state index < -0.39 is 23.5 Å². The first kappa shape index (κ1) is 23.8. The monoisotopic (exact) mass is 571 g/mol. The van der Waals surface area contributed by atoms with E-state index in [1.807, 2.05) is 0 Å². The van der Waals surface area contributed by atoms with Crippen molar-refractivity contribution in [2.24, 2.45) is 0 Å². The maximum atomic E-state index is 13.8. The van der Waals surface area contributed by atoms with E-state index in [1.54, 1.807) is 25.1 Å². The number of hydrogen-bond donors (Lipinski definition) is 2. The fourth-order valence-corrected chi connectivity index (χ4v) is 5.26. The number of benzene rings is 2. The van der Waals surface area contributed by atoms with Crippen LogP contribution in [0.15, 0.2) is 56.6 Å². The normalized spacial score (nSPS) is 15.7. The lowest BCUT2D eigenvalue weighted by molar-refractivity contribution is -0.117. The van der Waals surface area contributed by atoms with Crippen LogP contribution in [0.3, 0.4) is 0 Å². The number of carbonyl (C=O) groups is 2. The zero-order valence-corrected chi connectivity index (χ0v) is 21.5. The molecule has 1 amide bonds. The first-order valence-electron chi connectivity index (χ1n) is 10.5. The van der Waals surface area contributed by atoms with Crippen molar-refractivity contribution in [3.05, 3.63) is 68.5 Å². The number of rotatable bonds is 6. The van der Waals surface area contributed by atoms with E-state index in [0.29, 0.717) is 27.3 Å². The van der Waals surface area contributed by atoms with Gasteiger partial charge in [0.1, 0.15) is 5.01 Å². The summed E-state index contributed by atoms with van der Waals surface area (Å²) in [6.07, 6.45) is 0. The topological polar surface area (TPSA) is 135 Å². The number of ether oxygens (including phenoxy) is 2. The minimum absolute atomic E-state index is 0.0889. The maximum Gasteiger partial charge on any atom is 0.296 e. The molecular formula is C24H18BrN3O7S. The van der Waals surface area contributed by atoms with Gasteiger partial charge in [0.25, 0.3) is 5.91 Å². The van der Waals surface area contributed by atoms with E-state index in [-0.39, 0.29) is 32.4 Å². The molecule has 0 fully saturated rings. The number of anilines is 1. The number of aliphatic hydroxyl groups excluding tert-OH is 1. The van der Waals surface area contributed by atoms with Gasteiger partial charge >= 0.3 is 0 Å². The third kappa shape index (κ3) is 3.69. The van der Waals surface area contributed by atoms with Crippen LogP contribution >= 0.6 is 27.3 Å². The van der Waals surface area contributed by atoms with Crippen molar-refractivity contribution in [1.29, 1.82) is 0 Å². The van der Waals surface area contributed by atoms with Gasteiger partial charge in [0.05, 0.1) is 30.3 Å². The Balaban J connectivity index is 1.70. The summed E-state index contributed by atoms with van der Waals surface area (Å²) in [4.78, 5) is 28.3. The third-order valence-corrected chi connectivity index (χ3v) is 7.15. The number of ketones is 1. The summed E-state index contributed by atoms with van der Waals surface area (Å²) >= 11 is 4.41. The molecule has 2 aromatic heterocycles. The predicted molar refractivity (Wildman–Crippen MR) is 134 cm³/mol. The van der Waals surface area contributed by atoms with Crippen molar-refractivity contribution in [3.8, 4) is 17.2 Å². The fourth-order valence-electron chi connectivity index (χ4n) is 4.08. The standard InChI is InChI=1S/C24H18BrN3O7S/c1-10-26-27-24(36-10)28-18(12-7-13(25)19(29)15(9-12)34-3)17(21(31)23(28)32)20(30)16-8-11-5-4-6-14(33-2)22(11)35-16/h4-9,18,29,31H,1-3H3/t18-/m0/s1. The van der Waals surface area contributed by atoms with Crippen LogP contribution in [0.5, 0.6) is 17.2 Å². The number of phenols is 1. The molecule has 1 aliphatic rings. The molecule has 10 nitrogen and oxygen atoms in total. The van der Waals surface area contributed by atoms with Gasteiger partial charge in [-0.2, -0.15) is 0 Å². The van der Waals surface area contributed by atoms with Gasteiger partial charge in [0.15, 0.2) is 34.4 Å². The summed E-state index contributed by atoms with van der Waals surface area (Å²) in [6, 6.07) is 8.62. The van der Waals surface area contributed by atoms with Crippen LogP contribution in [0.2, 0.25) is 0 Å². The molecule has 4 aromatic rings. The van der Waals surface area contributed by atoms with Crippen molar-refractivity contribution < 1.29 is 33.7 Å². The smallest absolute Gasteiger partial charge is 0.296 e. The highest BCUT2D eigenvalue weighted by molar-refractivity contribution is 9.10. The Morgan fingerprint density at radius 2 is 1.89 bits per heavy atom. The Morgan fingerprint density at radius 1 is 1.14 bits per heavy atom. The van der Waals surface area contributed by atoms with Crippen molar-refractivity contribution >= 4 is 55.1 Å². The lowest BCUT2D eigenvalue weighted by Crippen LogP contribution is -2.31. The number of Topliss-reactive ketones (excluding diaryl/α,β-unsaturated/α-hetero) is 1. The SMILES string of the molecule is COc1cc([C@H]2C(C(=O)c3cc4cccc(OC)c4o3)=C(O)C(=O)N2c2nnc(C)s2)cc(Br)c1O. The van der Waals surface area contributed by atoms with E-state index in [0.717, 1.165) is 11.3 Å². The van der Waals surface area contributed by atoms with E-state index in [4.69, 9.17) is 13.9 Å². The van der Waals surface area contributed by atoms with Gasteiger partial charge in [0, 0.05) is 5.39 Å². The molecular weight excluding hydrogens is 554 g/mol. The van der Waals surface area contributed by atoms with Crippen LogP contribution < -0.4 is 14.4 Å². The van der Waals surface area contributed by atoms with E-state index in [2.05, 4.69) is 26.1 Å². The van der Waals surface area contributed by atoms with Gasteiger partial charge in [-0.15, -0.1) is 10.2 Å².